The molecule has 1 atom stereocenters. The van der Waals surface area contributed by atoms with Gasteiger partial charge in [-0.3, -0.25) is 24.7 Å². The first-order valence-electron chi connectivity index (χ1n) is 10.8. The maximum Gasteiger partial charge on any atom is 0.233 e. The molecule has 0 saturated heterocycles. The number of aliphatic imine (C=N–C) groups is 1. The summed E-state index contributed by atoms with van der Waals surface area (Å²) >= 11 is 6.26. The van der Waals surface area contributed by atoms with Crippen LogP contribution in [0, 0.1) is 10.8 Å². The summed E-state index contributed by atoms with van der Waals surface area (Å²) in [4.78, 5) is 31.1. The summed E-state index contributed by atoms with van der Waals surface area (Å²) in [5.41, 5.74) is 1.59. The van der Waals surface area contributed by atoms with E-state index in [1.165, 1.54) is 11.9 Å². The Bertz CT molecular complexity index is 1110. The smallest absolute Gasteiger partial charge is 0.233 e. The van der Waals surface area contributed by atoms with Crippen molar-refractivity contribution in [2.24, 2.45) is 10.4 Å². The highest BCUT2D eigenvalue weighted by Gasteiger charge is 2.26. The summed E-state index contributed by atoms with van der Waals surface area (Å²) in [7, 11) is -0.229. The standard InChI is InChI=1S/C25H31ClN4O3S/c1-17(28-5)34(33)29-22(31)13-14-30(23(32)16-25(2,3)4)21-12-11-19(26)15-20(21)24(27)18-9-7-6-8-10-18/h6-12,15,27H,13-14,16H2,1-5H3,(H,29,31). The molecule has 2 amide bonds. The van der Waals surface area contributed by atoms with Crippen molar-refractivity contribution in [3.8, 4) is 0 Å². The molecular formula is C25H31ClN4O3S. The Morgan fingerprint density at radius 2 is 1.79 bits per heavy atom. The van der Waals surface area contributed by atoms with Crippen LogP contribution in [0.4, 0.5) is 5.69 Å². The van der Waals surface area contributed by atoms with Crippen LogP contribution >= 0.6 is 11.6 Å². The third kappa shape index (κ3) is 7.88. The van der Waals surface area contributed by atoms with Gasteiger partial charge in [0.1, 0.15) is 5.04 Å². The van der Waals surface area contributed by atoms with Gasteiger partial charge in [0.2, 0.25) is 11.8 Å². The predicted molar refractivity (Wildman–Crippen MR) is 140 cm³/mol. The third-order valence-electron chi connectivity index (χ3n) is 4.92. The Hall–Kier alpha value is -2.84. The second-order valence-corrected chi connectivity index (χ2v) is 10.7. The number of halogens is 1. The highest BCUT2D eigenvalue weighted by molar-refractivity contribution is 7.99. The fraction of sp³-hybridized carbons (Fsp3) is 0.360. The summed E-state index contributed by atoms with van der Waals surface area (Å²) in [5.74, 6) is -0.652. The predicted octanol–water partition coefficient (Wildman–Crippen LogP) is 4.74. The monoisotopic (exact) mass is 502 g/mol. The topological polar surface area (TPSA) is 103 Å². The molecule has 0 heterocycles. The zero-order valence-corrected chi connectivity index (χ0v) is 21.7. The zero-order chi connectivity index (χ0) is 25.5. The van der Waals surface area contributed by atoms with Crippen LogP contribution in [0.3, 0.4) is 0 Å². The normalized spacial score (nSPS) is 12.7. The molecule has 0 radical (unpaired) electrons. The van der Waals surface area contributed by atoms with E-state index in [1.807, 2.05) is 51.1 Å². The molecule has 9 heteroatoms. The minimum atomic E-state index is -1.72. The van der Waals surface area contributed by atoms with Crippen molar-refractivity contribution < 1.29 is 13.8 Å². The van der Waals surface area contributed by atoms with E-state index in [4.69, 9.17) is 17.0 Å². The lowest BCUT2D eigenvalue weighted by Gasteiger charge is -2.29. The number of hydrogen-bond donors (Lipinski definition) is 2. The number of hydrogen-bond acceptors (Lipinski definition) is 5. The average Bonchev–Trinajstić information content (AvgIpc) is 2.78. The Kier molecular flexibility index (Phi) is 9.70. The first kappa shape index (κ1) is 27.4. The maximum absolute atomic E-state index is 13.4. The van der Waals surface area contributed by atoms with Gasteiger partial charge in [0, 0.05) is 42.6 Å². The number of carbonyl (C=O) groups is 2. The van der Waals surface area contributed by atoms with Gasteiger partial charge in [-0.2, -0.15) is 0 Å². The SMILES string of the molecule is CN=C(C)S(=O)NC(=O)CCN(C(=O)CC(C)(C)C)c1ccc(Cl)cc1C(=N)c1ccccc1. The average molecular weight is 503 g/mol. The summed E-state index contributed by atoms with van der Waals surface area (Å²) in [6.07, 6.45) is 0.169. The molecule has 2 aromatic rings. The van der Waals surface area contributed by atoms with E-state index in [0.717, 1.165) is 0 Å². The molecule has 7 nitrogen and oxygen atoms in total. The molecule has 0 spiro atoms. The van der Waals surface area contributed by atoms with Gasteiger partial charge in [-0.05, 0) is 30.5 Å². The van der Waals surface area contributed by atoms with Crippen LogP contribution in [0.25, 0.3) is 0 Å². The summed E-state index contributed by atoms with van der Waals surface area (Å²) in [6, 6.07) is 14.2. The highest BCUT2D eigenvalue weighted by Crippen LogP contribution is 2.30. The van der Waals surface area contributed by atoms with E-state index in [2.05, 4.69) is 9.71 Å². The molecule has 34 heavy (non-hydrogen) atoms. The van der Waals surface area contributed by atoms with Crippen LogP contribution in [0.2, 0.25) is 5.02 Å². The summed E-state index contributed by atoms with van der Waals surface area (Å²) in [6.45, 7) is 7.49. The molecule has 2 aromatic carbocycles. The first-order chi connectivity index (χ1) is 15.9. The number of nitrogens with zero attached hydrogens (tertiary/aromatic N) is 2. The number of amides is 2. The molecule has 0 aliphatic heterocycles. The van der Waals surface area contributed by atoms with Crippen molar-refractivity contribution in [2.75, 3.05) is 18.5 Å². The van der Waals surface area contributed by atoms with Crippen molar-refractivity contribution in [1.29, 1.82) is 5.41 Å². The number of benzene rings is 2. The molecule has 0 bridgehead atoms. The fourth-order valence-corrected chi connectivity index (χ4v) is 3.95. The molecule has 0 aliphatic carbocycles. The highest BCUT2D eigenvalue weighted by atomic mass is 35.5. The minimum absolute atomic E-state index is 0.0525. The Labute approximate surface area is 208 Å². The quantitative estimate of drug-likeness (QED) is 0.422. The van der Waals surface area contributed by atoms with Gasteiger partial charge >= 0.3 is 0 Å². The minimum Gasteiger partial charge on any atom is -0.311 e. The van der Waals surface area contributed by atoms with E-state index >= 15 is 0 Å². The van der Waals surface area contributed by atoms with Gasteiger partial charge in [0.05, 0.1) is 11.4 Å². The van der Waals surface area contributed by atoms with E-state index < -0.39 is 16.9 Å². The van der Waals surface area contributed by atoms with Crippen LogP contribution in [-0.2, 0) is 20.6 Å². The van der Waals surface area contributed by atoms with Gasteiger partial charge in [-0.1, -0.05) is 62.7 Å². The van der Waals surface area contributed by atoms with Crippen LogP contribution in [0.5, 0.6) is 0 Å². The molecule has 2 N–H and O–H groups in total. The largest absolute Gasteiger partial charge is 0.311 e. The zero-order valence-electron chi connectivity index (χ0n) is 20.1. The van der Waals surface area contributed by atoms with Gasteiger partial charge in [-0.25, -0.2) is 4.21 Å². The fourth-order valence-electron chi connectivity index (χ4n) is 3.16. The van der Waals surface area contributed by atoms with E-state index in [0.29, 0.717) is 26.9 Å². The molecule has 1 unspecified atom stereocenters. The molecule has 0 saturated carbocycles. The van der Waals surface area contributed by atoms with Crippen molar-refractivity contribution >= 4 is 50.8 Å². The second-order valence-electron chi connectivity index (χ2n) is 8.97. The summed E-state index contributed by atoms with van der Waals surface area (Å²) in [5, 5.41) is 9.50. The number of nitrogens with one attached hydrogen (secondary N) is 2. The van der Waals surface area contributed by atoms with Crippen molar-refractivity contribution in [2.45, 2.75) is 40.5 Å². The maximum atomic E-state index is 13.4. The van der Waals surface area contributed by atoms with Gasteiger partial charge in [-0.15, -0.1) is 0 Å². The molecule has 0 aromatic heterocycles. The van der Waals surface area contributed by atoms with Crippen LogP contribution in [0.15, 0.2) is 53.5 Å². The molecule has 182 valence electrons. The first-order valence-corrected chi connectivity index (χ1v) is 12.3. The molecular weight excluding hydrogens is 472 g/mol. The molecule has 0 fully saturated rings. The van der Waals surface area contributed by atoms with Crippen LogP contribution < -0.4 is 9.62 Å². The summed E-state index contributed by atoms with van der Waals surface area (Å²) < 4.78 is 14.5. The number of rotatable bonds is 7. The van der Waals surface area contributed by atoms with E-state index in [9.17, 15) is 13.8 Å². The van der Waals surface area contributed by atoms with E-state index in [-0.39, 0.29) is 36.4 Å². The number of carbonyl (C=O) groups excluding carboxylic acids is 2. The van der Waals surface area contributed by atoms with Crippen molar-refractivity contribution in [3.05, 3.63) is 64.7 Å². The van der Waals surface area contributed by atoms with Crippen molar-refractivity contribution in [1.82, 2.24) is 4.72 Å². The second kappa shape index (κ2) is 12.0. The van der Waals surface area contributed by atoms with E-state index in [1.54, 1.807) is 25.1 Å². The number of anilines is 1. The lowest BCUT2D eigenvalue weighted by molar-refractivity contribution is -0.120. The lowest BCUT2D eigenvalue weighted by atomic mass is 9.91. The van der Waals surface area contributed by atoms with Gasteiger partial charge in [0.25, 0.3) is 0 Å². The Balaban J connectivity index is 2.41. The molecule has 0 aliphatic rings. The lowest BCUT2D eigenvalue weighted by Crippen LogP contribution is -2.38. The van der Waals surface area contributed by atoms with Crippen LogP contribution in [-0.4, -0.2) is 40.4 Å². The van der Waals surface area contributed by atoms with Gasteiger partial charge in [0.15, 0.2) is 11.0 Å². The molecule has 2 rings (SSSR count). The van der Waals surface area contributed by atoms with Crippen LogP contribution in [0.1, 0.15) is 51.7 Å². The Morgan fingerprint density at radius 1 is 1.15 bits per heavy atom. The van der Waals surface area contributed by atoms with Gasteiger partial charge < -0.3 is 4.90 Å². The third-order valence-corrected chi connectivity index (χ3v) is 6.28. The van der Waals surface area contributed by atoms with Crippen molar-refractivity contribution in [3.63, 3.8) is 0 Å². The Morgan fingerprint density at radius 3 is 2.38 bits per heavy atom.